The minimum atomic E-state index is -4.00. The van der Waals surface area contributed by atoms with E-state index in [-0.39, 0.29) is 42.8 Å². The lowest BCUT2D eigenvalue weighted by Crippen LogP contribution is -2.33. The van der Waals surface area contributed by atoms with Crippen molar-refractivity contribution in [1.29, 1.82) is 0 Å². The Morgan fingerprint density at radius 3 is 1.00 bits per heavy atom. The number of hydrogen-bond acceptors (Lipinski definition) is 4. The molecule has 0 fully saturated rings. The summed E-state index contributed by atoms with van der Waals surface area (Å²) in [5.41, 5.74) is 0.960. The Morgan fingerprint density at radius 2 is 0.800 bits per heavy atom. The Kier molecular flexibility index (Phi) is 12.3. The number of phenolic OH excluding ortho intramolecular Hbond substituents is 4. The maximum Gasteiger partial charge on any atom is 0.386 e. The van der Waals surface area contributed by atoms with E-state index in [9.17, 15) is 46.8 Å². The van der Waals surface area contributed by atoms with Crippen LogP contribution in [0.5, 0.6) is 23.0 Å². The van der Waals surface area contributed by atoms with Gasteiger partial charge in [0.05, 0.1) is 0 Å². The molecule has 2 aromatic rings. The molecule has 0 saturated heterocycles. The molecule has 0 aliphatic rings. The molecular weight excluding hydrogens is 478 g/mol. The van der Waals surface area contributed by atoms with Crippen LogP contribution in [0.1, 0.15) is 71.4 Å². The fourth-order valence-corrected chi connectivity index (χ4v) is 3.85. The Morgan fingerprint density at radius 1 is 0.571 bits per heavy atom. The number of halogens is 6. The van der Waals surface area contributed by atoms with E-state index >= 15 is 0 Å². The van der Waals surface area contributed by atoms with Crippen LogP contribution in [0.4, 0.5) is 26.3 Å². The molecule has 0 bridgehead atoms. The zero-order valence-electron chi connectivity index (χ0n) is 20.4. The first-order chi connectivity index (χ1) is 15.8. The van der Waals surface area contributed by atoms with Crippen molar-refractivity contribution >= 4 is 0 Å². The molecule has 4 nitrogen and oxygen atoms in total. The standard InChI is InChI=1S/C21H28O4.2C2H3F3/c1-4-6-14(7-5-2)21(3,15-8-17(22)12-18(23)9-15)16-10-19(24)13-20(25)11-16;2*1-2(3,4)5/h8-14,22-25H,4-7H2,1-3H3;2*1H3. The molecule has 10 heteroatoms. The summed E-state index contributed by atoms with van der Waals surface area (Å²) in [5.74, 6) is 0.217. The average Bonchev–Trinajstić information content (AvgIpc) is 2.63. The van der Waals surface area contributed by atoms with Crippen molar-refractivity contribution in [1.82, 2.24) is 0 Å². The van der Waals surface area contributed by atoms with E-state index in [1.807, 2.05) is 6.92 Å². The van der Waals surface area contributed by atoms with Gasteiger partial charge < -0.3 is 20.4 Å². The van der Waals surface area contributed by atoms with Crippen molar-refractivity contribution in [2.24, 2.45) is 5.92 Å². The normalized spacial score (nSPS) is 11.9. The monoisotopic (exact) mass is 512 g/mol. The van der Waals surface area contributed by atoms with Crippen molar-refractivity contribution < 1.29 is 46.8 Å². The summed E-state index contributed by atoms with van der Waals surface area (Å²) in [6, 6.07) is 9.22. The van der Waals surface area contributed by atoms with Crippen LogP contribution in [0.15, 0.2) is 36.4 Å². The quantitative estimate of drug-likeness (QED) is 0.282. The number of benzene rings is 2. The Bertz CT molecular complexity index is 788. The lowest BCUT2D eigenvalue weighted by atomic mass is 9.64. The maximum atomic E-state index is 10.4. The van der Waals surface area contributed by atoms with Crippen LogP contribution < -0.4 is 0 Å². The highest BCUT2D eigenvalue weighted by molar-refractivity contribution is 5.50. The third-order valence-electron chi connectivity index (χ3n) is 5.10. The van der Waals surface area contributed by atoms with Crippen LogP contribution in [0, 0.1) is 5.92 Å². The van der Waals surface area contributed by atoms with Crippen molar-refractivity contribution in [3.63, 3.8) is 0 Å². The number of rotatable bonds is 7. The molecular formula is C25H34F6O4. The van der Waals surface area contributed by atoms with Gasteiger partial charge in [-0.25, -0.2) is 0 Å². The van der Waals surface area contributed by atoms with Crippen LogP contribution in [0.2, 0.25) is 0 Å². The first-order valence-electron chi connectivity index (χ1n) is 11.0. The molecule has 0 heterocycles. The highest BCUT2D eigenvalue weighted by Crippen LogP contribution is 2.46. The summed E-state index contributed by atoms with van der Waals surface area (Å²) in [4.78, 5) is 0. The van der Waals surface area contributed by atoms with Crippen LogP contribution in [0.25, 0.3) is 0 Å². The van der Waals surface area contributed by atoms with Crippen molar-refractivity contribution in [2.75, 3.05) is 0 Å². The van der Waals surface area contributed by atoms with E-state index in [1.165, 1.54) is 12.1 Å². The van der Waals surface area contributed by atoms with Gasteiger partial charge in [-0.05, 0) is 54.2 Å². The minimum absolute atomic E-state index is 0.00246. The topological polar surface area (TPSA) is 80.9 Å². The highest BCUT2D eigenvalue weighted by Gasteiger charge is 2.38. The molecule has 35 heavy (non-hydrogen) atoms. The maximum absolute atomic E-state index is 10.4. The smallest absolute Gasteiger partial charge is 0.386 e. The van der Waals surface area contributed by atoms with E-state index in [0.717, 1.165) is 36.8 Å². The zero-order valence-corrected chi connectivity index (χ0v) is 20.4. The van der Waals surface area contributed by atoms with Crippen LogP contribution in [0.3, 0.4) is 0 Å². The summed E-state index contributed by atoms with van der Waals surface area (Å²) in [6.45, 7) is 6.68. The van der Waals surface area contributed by atoms with Gasteiger partial charge in [0.25, 0.3) is 0 Å². The molecule has 0 amide bonds. The molecule has 0 saturated carbocycles. The fourth-order valence-electron chi connectivity index (χ4n) is 3.85. The van der Waals surface area contributed by atoms with Crippen molar-refractivity contribution in [3.8, 4) is 23.0 Å². The highest BCUT2D eigenvalue weighted by atomic mass is 19.4. The molecule has 0 aliphatic carbocycles. The van der Waals surface area contributed by atoms with E-state index in [1.54, 1.807) is 24.3 Å². The predicted octanol–water partition coefficient (Wildman–Crippen LogP) is 8.17. The number of hydrogen-bond donors (Lipinski definition) is 4. The van der Waals surface area contributed by atoms with Crippen molar-refractivity contribution in [3.05, 3.63) is 47.5 Å². The molecule has 0 spiro atoms. The molecule has 4 N–H and O–H groups in total. The second kappa shape index (κ2) is 13.3. The van der Waals surface area contributed by atoms with Gasteiger partial charge in [0.1, 0.15) is 23.0 Å². The van der Waals surface area contributed by atoms with Gasteiger partial charge in [0.2, 0.25) is 0 Å². The number of alkyl halides is 6. The van der Waals surface area contributed by atoms with Gasteiger partial charge >= 0.3 is 12.4 Å². The lowest BCUT2D eigenvalue weighted by molar-refractivity contribution is -0.111. The van der Waals surface area contributed by atoms with Gasteiger partial charge in [-0.2, -0.15) is 26.3 Å². The summed E-state index contributed by atoms with van der Waals surface area (Å²) in [5, 5.41) is 40.0. The van der Waals surface area contributed by atoms with Crippen LogP contribution in [-0.2, 0) is 5.41 Å². The lowest BCUT2D eigenvalue weighted by Gasteiger charge is -2.39. The van der Waals surface area contributed by atoms with Crippen LogP contribution in [-0.4, -0.2) is 32.8 Å². The average molecular weight is 513 g/mol. The summed E-state index contributed by atoms with van der Waals surface area (Å²) < 4.78 is 62.1. The minimum Gasteiger partial charge on any atom is -0.508 e. The Balaban J connectivity index is 0.000000975. The molecule has 0 unspecified atom stereocenters. The second-order valence-corrected chi connectivity index (χ2v) is 8.52. The SMILES string of the molecule is CC(F)(F)F.CC(F)(F)F.CCCC(CCC)C(C)(c1cc(O)cc(O)c1)c1cc(O)cc(O)c1. The molecule has 0 radical (unpaired) electrons. The summed E-state index contributed by atoms with van der Waals surface area (Å²) in [6.07, 6.45) is -4.10. The largest absolute Gasteiger partial charge is 0.508 e. The molecule has 0 atom stereocenters. The van der Waals surface area contributed by atoms with Gasteiger partial charge in [0.15, 0.2) is 0 Å². The number of phenols is 4. The zero-order chi connectivity index (χ0) is 27.6. The van der Waals surface area contributed by atoms with Crippen molar-refractivity contribution in [2.45, 2.75) is 78.1 Å². The third-order valence-corrected chi connectivity index (χ3v) is 5.10. The fraction of sp³-hybridized carbons (Fsp3) is 0.520. The van der Waals surface area contributed by atoms with E-state index in [4.69, 9.17) is 0 Å². The number of aromatic hydroxyl groups is 4. The predicted molar refractivity (Wildman–Crippen MR) is 123 cm³/mol. The first-order valence-corrected chi connectivity index (χ1v) is 11.0. The van der Waals surface area contributed by atoms with Gasteiger partial charge in [-0.15, -0.1) is 0 Å². The molecule has 0 aromatic heterocycles. The van der Waals surface area contributed by atoms with Crippen LogP contribution >= 0.6 is 0 Å². The van der Waals surface area contributed by atoms with Gasteiger partial charge in [-0.1, -0.05) is 33.6 Å². The van der Waals surface area contributed by atoms with Gasteiger partial charge in [0, 0.05) is 31.4 Å². The summed E-state index contributed by atoms with van der Waals surface area (Å²) in [7, 11) is 0. The van der Waals surface area contributed by atoms with Gasteiger partial charge in [-0.3, -0.25) is 0 Å². The molecule has 200 valence electrons. The van der Waals surface area contributed by atoms with E-state index < -0.39 is 17.8 Å². The summed E-state index contributed by atoms with van der Waals surface area (Å²) >= 11 is 0. The molecule has 0 aliphatic heterocycles. The Labute approximate surface area is 201 Å². The molecule has 2 rings (SSSR count). The molecule has 2 aromatic carbocycles. The second-order valence-electron chi connectivity index (χ2n) is 8.52. The van der Waals surface area contributed by atoms with E-state index in [2.05, 4.69) is 13.8 Å². The Hall–Kier alpha value is -2.78. The third kappa shape index (κ3) is 13.0. The van der Waals surface area contributed by atoms with E-state index in [0.29, 0.717) is 0 Å². The first kappa shape index (κ1) is 32.2.